The van der Waals surface area contributed by atoms with E-state index < -0.39 is 0 Å². The first-order valence-corrected chi connectivity index (χ1v) is 6.76. The zero-order chi connectivity index (χ0) is 16.7. The van der Waals surface area contributed by atoms with E-state index >= 15 is 0 Å². The van der Waals surface area contributed by atoms with E-state index in [4.69, 9.17) is 15.7 Å². The Morgan fingerprint density at radius 2 is 2.14 bits per heavy atom. The molecule has 116 valence electrons. The second-order valence-corrected chi connectivity index (χ2v) is 4.95. The van der Waals surface area contributed by atoms with Gasteiger partial charge in [0.25, 0.3) is 0 Å². The van der Waals surface area contributed by atoms with Crippen LogP contribution < -0.4 is 15.8 Å². The number of carbonyl (C=O) groups excluding carboxylic acids is 2. The lowest BCUT2D eigenvalue weighted by Crippen LogP contribution is -2.24. The van der Waals surface area contributed by atoms with E-state index in [0.717, 1.165) is 0 Å². The number of hydrogen-bond acceptors (Lipinski definition) is 5. The molecular weight excluding hydrogens is 282 g/mol. The molecule has 0 spiro atoms. The summed E-state index contributed by atoms with van der Waals surface area (Å²) in [6.45, 7) is 4.74. The van der Waals surface area contributed by atoms with Gasteiger partial charge >= 0.3 is 0 Å². The first kappa shape index (κ1) is 17.4. The van der Waals surface area contributed by atoms with Crippen LogP contribution in [0, 0.1) is 11.3 Å². The number of nitriles is 1. The summed E-state index contributed by atoms with van der Waals surface area (Å²) < 4.78 is 5.58. The van der Waals surface area contributed by atoms with Gasteiger partial charge in [-0.05, 0) is 31.2 Å². The van der Waals surface area contributed by atoms with Crippen molar-refractivity contribution in [2.45, 2.75) is 26.8 Å². The fourth-order valence-electron chi connectivity index (χ4n) is 1.64. The Morgan fingerprint density at radius 1 is 1.45 bits per heavy atom. The van der Waals surface area contributed by atoms with Gasteiger partial charge in [0, 0.05) is 25.5 Å². The van der Waals surface area contributed by atoms with Crippen molar-refractivity contribution in [1.29, 1.82) is 5.26 Å². The standard InChI is InChI=1S/C16H19N3O3/c1-10(18)9-22-16-6-13(8-17)4-5-14(16)7-15(11(2)20)19-12(3)21/h4-7,10H,9,18H2,1-3H3,(H,19,21)/b15-7+. The van der Waals surface area contributed by atoms with Crippen molar-refractivity contribution in [3.63, 3.8) is 0 Å². The molecule has 0 heterocycles. The first-order chi connectivity index (χ1) is 10.3. The van der Waals surface area contributed by atoms with Crippen LogP contribution in [0.5, 0.6) is 5.75 Å². The Bertz CT molecular complexity index is 643. The number of carbonyl (C=O) groups is 2. The number of nitrogens with two attached hydrogens (primary N) is 1. The number of benzene rings is 1. The molecular formula is C16H19N3O3. The van der Waals surface area contributed by atoms with Crippen LogP contribution in [0.2, 0.25) is 0 Å². The Balaban J connectivity index is 3.23. The molecule has 1 aromatic rings. The molecule has 1 atom stereocenters. The average molecular weight is 301 g/mol. The van der Waals surface area contributed by atoms with Crippen molar-refractivity contribution in [2.24, 2.45) is 5.73 Å². The van der Waals surface area contributed by atoms with Gasteiger partial charge in [0.05, 0.1) is 17.3 Å². The SMILES string of the molecule is CC(=O)N/C(=C/c1ccc(C#N)cc1OCC(C)N)C(C)=O. The van der Waals surface area contributed by atoms with Crippen LogP contribution in [-0.4, -0.2) is 24.3 Å². The van der Waals surface area contributed by atoms with Crippen LogP contribution in [0.25, 0.3) is 6.08 Å². The number of rotatable bonds is 6. The minimum atomic E-state index is -0.340. The third-order valence-corrected chi connectivity index (χ3v) is 2.63. The quantitative estimate of drug-likeness (QED) is 0.772. The van der Waals surface area contributed by atoms with Crippen LogP contribution in [0.3, 0.4) is 0 Å². The van der Waals surface area contributed by atoms with Crippen LogP contribution in [0.1, 0.15) is 31.9 Å². The number of allylic oxidation sites excluding steroid dienone is 1. The molecule has 0 radical (unpaired) electrons. The molecule has 0 aromatic heterocycles. The highest BCUT2D eigenvalue weighted by molar-refractivity contribution is 6.01. The van der Waals surface area contributed by atoms with Gasteiger partial charge in [0.15, 0.2) is 5.78 Å². The highest BCUT2D eigenvalue weighted by atomic mass is 16.5. The molecule has 0 aliphatic carbocycles. The van der Waals surface area contributed by atoms with Gasteiger partial charge in [-0.25, -0.2) is 0 Å². The number of nitrogens with zero attached hydrogens (tertiary/aromatic N) is 1. The second kappa shape index (κ2) is 7.96. The van der Waals surface area contributed by atoms with E-state index in [1.165, 1.54) is 19.9 Å². The summed E-state index contributed by atoms with van der Waals surface area (Å²) >= 11 is 0. The number of ketones is 1. The van der Waals surface area contributed by atoms with Gasteiger partial charge in [-0.1, -0.05) is 0 Å². The molecule has 22 heavy (non-hydrogen) atoms. The van der Waals surface area contributed by atoms with E-state index in [9.17, 15) is 9.59 Å². The van der Waals surface area contributed by atoms with Crippen molar-refractivity contribution in [3.05, 3.63) is 35.0 Å². The molecule has 0 aliphatic heterocycles. The smallest absolute Gasteiger partial charge is 0.221 e. The highest BCUT2D eigenvalue weighted by Crippen LogP contribution is 2.23. The van der Waals surface area contributed by atoms with E-state index in [2.05, 4.69) is 5.32 Å². The van der Waals surface area contributed by atoms with Crippen LogP contribution in [0.15, 0.2) is 23.9 Å². The molecule has 0 saturated heterocycles. The van der Waals surface area contributed by atoms with E-state index in [1.54, 1.807) is 25.1 Å². The monoisotopic (exact) mass is 301 g/mol. The molecule has 6 heteroatoms. The molecule has 1 unspecified atom stereocenters. The average Bonchev–Trinajstić information content (AvgIpc) is 2.44. The normalized spacial score (nSPS) is 12.2. The summed E-state index contributed by atoms with van der Waals surface area (Å²) in [6, 6.07) is 6.68. The lowest BCUT2D eigenvalue weighted by atomic mass is 10.1. The molecule has 6 nitrogen and oxygen atoms in total. The van der Waals surface area contributed by atoms with E-state index in [0.29, 0.717) is 16.9 Å². The van der Waals surface area contributed by atoms with Gasteiger partial charge in [-0.2, -0.15) is 5.26 Å². The fourth-order valence-corrected chi connectivity index (χ4v) is 1.64. The lowest BCUT2D eigenvalue weighted by Gasteiger charge is -2.13. The Morgan fingerprint density at radius 3 is 2.64 bits per heavy atom. The fraction of sp³-hybridized carbons (Fsp3) is 0.312. The highest BCUT2D eigenvalue weighted by Gasteiger charge is 2.10. The molecule has 1 amide bonds. The number of amides is 1. The van der Waals surface area contributed by atoms with Crippen LogP contribution in [-0.2, 0) is 9.59 Å². The van der Waals surface area contributed by atoms with Gasteiger partial charge in [-0.3, -0.25) is 9.59 Å². The maximum absolute atomic E-state index is 11.6. The maximum atomic E-state index is 11.6. The molecule has 0 fully saturated rings. The molecule has 0 aliphatic rings. The summed E-state index contributed by atoms with van der Waals surface area (Å²) in [5.74, 6) is -0.189. The molecule has 0 bridgehead atoms. The largest absolute Gasteiger partial charge is 0.491 e. The number of nitrogens with one attached hydrogen (secondary N) is 1. The minimum Gasteiger partial charge on any atom is -0.491 e. The second-order valence-electron chi connectivity index (χ2n) is 4.95. The van der Waals surface area contributed by atoms with Crippen LogP contribution in [0.4, 0.5) is 0 Å². The lowest BCUT2D eigenvalue weighted by molar-refractivity contribution is -0.120. The molecule has 1 rings (SSSR count). The van der Waals surface area contributed by atoms with Gasteiger partial charge in [0.1, 0.15) is 12.4 Å². The van der Waals surface area contributed by atoms with Crippen molar-refractivity contribution in [1.82, 2.24) is 5.32 Å². The molecule has 3 N–H and O–H groups in total. The van der Waals surface area contributed by atoms with Gasteiger partial charge < -0.3 is 15.8 Å². The number of hydrogen-bond donors (Lipinski definition) is 2. The third kappa shape index (κ3) is 5.38. The first-order valence-electron chi connectivity index (χ1n) is 6.76. The predicted octanol–water partition coefficient (Wildman–Crippen LogP) is 1.35. The summed E-state index contributed by atoms with van der Waals surface area (Å²) in [5.41, 5.74) is 6.83. The summed E-state index contributed by atoms with van der Waals surface area (Å²) in [7, 11) is 0. The van der Waals surface area contributed by atoms with Crippen LogP contribution >= 0.6 is 0 Å². The molecule has 0 saturated carbocycles. The maximum Gasteiger partial charge on any atom is 0.221 e. The Kier molecular flexibility index (Phi) is 6.29. The Hall–Kier alpha value is -2.65. The minimum absolute atomic E-state index is 0.155. The molecule has 1 aromatic carbocycles. The summed E-state index contributed by atoms with van der Waals surface area (Å²) in [4.78, 5) is 22.7. The zero-order valence-electron chi connectivity index (χ0n) is 12.8. The van der Waals surface area contributed by atoms with Gasteiger partial charge in [0.2, 0.25) is 5.91 Å². The number of Topliss-reactive ketones (excluding diaryl/α,β-unsaturated/α-hetero) is 1. The summed E-state index contributed by atoms with van der Waals surface area (Å²) in [5, 5.41) is 11.4. The number of ether oxygens (including phenoxy) is 1. The van der Waals surface area contributed by atoms with Crippen molar-refractivity contribution in [2.75, 3.05) is 6.61 Å². The van der Waals surface area contributed by atoms with E-state index in [-0.39, 0.29) is 30.0 Å². The third-order valence-electron chi connectivity index (χ3n) is 2.63. The van der Waals surface area contributed by atoms with Crippen molar-refractivity contribution >= 4 is 17.8 Å². The topological polar surface area (TPSA) is 105 Å². The van der Waals surface area contributed by atoms with Crippen molar-refractivity contribution in [3.8, 4) is 11.8 Å². The van der Waals surface area contributed by atoms with Crippen molar-refractivity contribution < 1.29 is 14.3 Å². The Labute approximate surface area is 129 Å². The van der Waals surface area contributed by atoms with Gasteiger partial charge in [-0.15, -0.1) is 0 Å². The van der Waals surface area contributed by atoms with E-state index in [1.807, 2.05) is 6.07 Å². The predicted molar refractivity (Wildman–Crippen MR) is 82.8 cm³/mol. The summed E-state index contributed by atoms with van der Waals surface area (Å²) in [6.07, 6.45) is 1.52. The zero-order valence-corrected chi connectivity index (χ0v) is 12.8.